The molecule has 0 saturated carbocycles. The first kappa shape index (κ1) is 14.5. The standard InChI is InChI=1S/C9H11NO2.HO3P/c1-10-9(11)12-7-8-5-3-2-4-6-8;1-4(2)3/h2-6H,7H2,1H3,(H,10,11);(H-,1,2,3)/p+1. The molecule has 16 heavy (non-hydrogen) atoms. The highest BCUT2D eigenvalue weighted by Crippen LogP contribution is 2.00. The first-order chi connectivity index (χ1) is 7.56. The summed E-state index contributed by atoms with van der Waals surface area (Å²) in [7, 11) is -1.34. The Labute approximate surface area is 93.8 Å². The van der Waals surface area contributed by atoms with Gasteiger partial charge in [0.2, 0.25) is 0 Å². The lowest BCUT2D eigenvalue weighted by Crippen LogP contribution is -2.18. The SMILES string of the molecule is CNC(=O)OCc1ccccc1.O=[P+](O)O. The van der Waals surface area contributed by atoms with E-state index in [1.165, 1.54) is 7.05 Å². The van der Waals surface area contributed by atoms with E-state index in [0.29, 0.717) is 6.61 Å². The summed E-state index contributed by atoms with van der Waals surface area (Å²) < 4.78 is 13.5. The molecule has 0 atom stereocenters. The van der Waals surface area contributed by atoms with E-state index in [2.05, 4.69) is 5.32 Å². The van der Waals surface area contributed by atoms with Crippen LogP contribution in [0.2, 0.25) is 0 Å². The van der Waals surface area contributed by atoms with Crippen LogP contribution in [0.25, 0.3) is 0 Å². The van der Waals surface area contributed by atoms with Gasteiger partial charge in [-0.3, -0.25) is 0 Å². The van der Waals surface area contributed by atoms with Gasteiger partial charge in [0.1, 0.15) is 6.61 Å². The molecule has 0 heterocycles. The molecule has 1 rings (SSSR count). The molecule has 1 amide bonds. The molecule has 0 aliphatic carbocycles. The van der Waals surface area contributed by atoms with E-state index in [4.69, 9.17) is 19.1 Å². The lowest BCUT2D eigenvalue weighted by Gasteiger charge is -2.02. The fraction of sp³-hybridized carbons (Fsp3) is 0.222. The number of ether oxygens (including phenoxy) is 1. The van der Waals surface area contributed by atoms with Crippen molar-refractivity contribution in [1.82, 2.24) is 5.32 Å². The van der Waals surface area contributed by atoms with Crippen molar-refractivity contribution in [2.45, 2.75) is 6.61 Å². The van der Waals surface area contributed by atoms with Crippen LogP contribution in [-0.4, -0.2) is 22.9 Å². The number of amides is 1. The number of hydrogen-bond acceptors (Lipinski definition) is 3. The molecule has 0 radical (unpaired) electrons. The van der Waals surface area contributed by atoms with Crippen LogP contribution in [0.5, 0.6) is 0 Å². The van der Waals surface area contributed by atoms with E-state index in [-0.39, 0.29) is 0 Å². The molecule has 0 spiro atoms. The van der Waals surface area contributed by atoms with Gasteiger partial charge in [0.25, 0.3) is 0 Å². The van der Waals surface area contributed by atoms with E-state index < -0.39 is 14.3 Å². The van der Waals surface area contributed by atoms with Gasteiger partial charge in [-0.15, -0.1) is 9.79 Å². The lowest BCUT2D eigenvalue weighted by atomic mass is 10.2. The smallest absolute Gasteiger partial charge is 0.445 e. The second-order valence-corrected chi connectivity index (χ2v) is 3.07. The summed E-state index contributed by atoms with van der Waals surface area (Å²) in [6.07, 6.45) is -0.404. The molecule has 7 heteroatoms. The fourth-order valence-electron chi connectivity index (χ4n) is 0.795. The maximum atomic E-state index is 10.7. The van der Waals surface area contributed by atoms with Crippen molar-refractivity contribution in [3.63, 3.8) is 0 Å². The molecular weight excluding hydrogens is 233 g/mol. The summed E-state index contributed by atoms with van der Waals surface area (Å²) in [5.41, 5.74) is 0.987. The minimum absolute atomic E-state index is 0.320. The Bertz CT molecular complexity index is 326. The maximum absolute atomic E-state index is 10.7. The van der Waals surface area contributed by atoms with Gasteiger partial charge in [-0.25, -0.2) is 4.79 Å². The first-order valence-electron chi connectivity index (χ1n) is 4.29. The van der Waals surface area contributed by atoms with Crippen LogP contribution in [0.1, 0.15) is 5.56 Å². The van der Waals surface area contributed by atoms with Crippen molar-refractivity contribution in [3.8, 4) is 0 Å². The van der Waals surface area contributed by atoms with Crippen LogP contribution >= 0.6 is 8.25 Å². The van der Waals surface area contributed by atoms with Gasteiger partial charge in [-0.05, 0) is 5.56 Å². The number of rotatable bonds is 2. The Morgan fingerprint density at radius 3 is 2.31 bits per heavy atom. The van der Waals surface area contributed by atoms with Gasteiger partial charge in [0.15, 0.2) is 0 Å². The Kier molecular flexibility index (Phi) is 7.97. The second-order valence-electron chi connectivity index (χ2n) is 2.56. The van der Waals surface area contributed by atoms with Gasteiger partial charge in [0.05, 0.1) is 0 Å². The highest BCUT2D eigenvalue weighted by molar-refractivity contribution is 7.30. The summed E-state index contributed by atoms with van der Waals surface area (Å²) in [6, 6.07) is 9.54. The second kappa shape index (κ2) is 8.79. The van der Waals surface area contributed by atoms with Gasteiger partial charge < -0.3 is 10.1 Å². The number of nitrogens with one attached hydrogen (secondary N) is 1. The first-order valence-corrected chi connectivity index (χ1v) is 5.46. The topological polar surface area (TPSA) is 95.9 Å². The molecule has 0 bridgehead atoms. The molecule has 3 N–H and O–H groups in total. The number of carbonyl (C=O) groups excluding carboxylic acids is 1. The summed E-state index contributed by atoms with van der Waals surface area (Å²) in [4.78, 5) is 24.9. The summed E-state index contributed by atoms with van der Waals surface area (Å²) in [5.74, 6) is 0. The zero-order chi connectivity index (χ0) is 12.4. The molecule has 88 valence electrons. The number of carbonyl (C=O) groups is 1. The van der Waals surface area contributed by atoms with Gasteiger partial charge in [0, 0.05) is 11.6 Å². The Balaban J connectivity index is 0.000000487. The van der Waals surface area contributed by atoms with Crippen LogP contribution in [0.3, 0.4) is 0 Å². The third-order valence-electron chi connectivity index (χ3n) is 1.42. The van der Waals surface area contributed by atoms with Crippen LogP contribution < -0.4 is 5.32 Å². The molecule has 6 nitrogen and oxygen atoms in total. The maximum Gasteiger partial charge on any atom is 0.692 e. The minimum Gasteiger partial charge on any atom is -0.445 e. The molecule has 0 unspecified atom stereocenters. The van der Waals surface area contributed by atoms with E-state index in [1.54, 1.807) is 0 Å². The Hall–Kier alpha value is -1.49. The average molecular weight is 246 g/mol. The van der Waals surface area contributed by atoms with E-state index >= 15 is 0 Å². The fourth-order valence-corrected chi connectivity index (χ4v) is 0.795. The zero-order valence-electron chi connectivity index (χ0n) is 8.66. The van der Waals surface area contributed by atoms with E-state index in [9.17, 15) is 4.79 Å². The van der Waals surface area contributed by atoms with Crippen LogP contribution in [0.4, 0.5) is 4.79 Å². The number of hydrogen-bond donors (Lipinski definition) is 3. The molecule has 0 aromatic heterocycles. The van der Waals surface area contributed by atoms with Crippen LogP contribution in [-0.2, 0) is 15.9 Å². The molecule has 1 aromatic carbocycles. The third-order valence-corrected chi connectivity index (χ3v) is 1.42. The highest BCUT2D eigenvalue weighted by Gasteiger charge is 1.97. The van der Waals surface area contributed by atoms with Crippen molar-refractivity contribution in [2.24, 2.45) is 0 Å². The highest BCUT2D eigenvalue weighted by atomic mass is 31.1. The molecule has 0 aliphatic heterocycles. The Morgan fingerprint density at radius 1 is 1.38 bits per heavy atom. The molecule has 1 aromatic rings. The molecule has 0 fully saturated rings. The van der Waals surface area contributed by atoms with Gasteiger partial charge >= 0.3 is 14.3 Å². The monoisotopic (exact) mass is 246 g/mol. The van der Waals surface area contributed by atoms with Crippen LogP contribution in [0.15, 0.2) is 30.3 Å². The van der Waals surface area contributed by atoms with Crippen molar-refractivity contribution in [2.75, 3.05) is 7.05 Å². The van der Waals surface area contributed by atoms with Crippen molar-refractivity contribution in [1.29, 1.82) is 0 Å². The Morgan fingerprint density at radius 2 is 1.88 bits per heavy atom. The van der Waals surface area contributed by atoms with Gasteiger partial charge in [-0.1, -0.05) is 30.3 Å². The van der Waals surface area contributed by atoms with Crippen molar-refractivity contribution in [3.05, 3.63) is 35.9 Å². The predicted octanol–water partition coefficient (Wildman–Crippen LogP) is 1.17. The summed E-state index contributed by atoms with van der Waals surface area (Å²) in [5, 5.41) is 2.37. The average Bonchev–Trinajstić information content (AvgIpc) is 2.26. The number of alkyl carbamates (subject to hydrolysis) is 1. The molecule has 0 saturated heterocycles. The molecular formula is C9H13NO5P+. The van der Waals surface area contributed by atoms with E-state index in [0.717, 1.165) is 5.56 Å². The normalized spacial score (nSPS) is 8.44. The summed E-state index contributed by atoms with van der Waals surface area (Å²) in [6.45, 7) is 0.320. The number of benzene rings is 1. The largest absolute Gasteiger partial charge is 0.692 e. The zero-order valence-corrected chi connectivity index (χ0v) is 9.55. The van der Waals surface area contributed by atoms with Crippen molar-refractivity contribution >= 4 is 14.3 Å². The van der Waals surface area contributed by atoms with Gasteiger partial charge in [-0.2, -0.15) is 0 Å². The molecule has 0 aliphatic rings. The minimum atomic E-state index is -2.87. The predicted molar refractivity (Wildman–Crippen MR) is 57.7 cm³/mol. The van der Waals surface area contributed by atoms with Crippen molar-refractivity contribution < 1.29 is 23.9 Å². The van der Waals surface area contributed by atoms with E-state index in [1.807, 2.05) is 30.3 Å². The lowest BCUT2D eigenvalue weighted by molar-refractivity contribution is 0.142. The third kappa shape index (κ3) is 9.08. The van der Waals surface area contributed by atoms with Crippen LogP contribution in [0, 0.1) is 0 Å². The summed E-state index contributed by atoms with van der Waals surface area (Å²) >= 11 is 0. The quantitative estimate of drug-likeness (QED) is 0.681.